The summed E-state index contributed by atoms with van der Waals surface area (Å²) in [6, 6.07) is 19.0. The average molecular weight is 415 g/mol. The van der Waals surface area contributed by atoms with E-state index in [-0.39, 0.29) is 12.2 Å². The number of pyridine rings is 1. The normalized spacial score (nSPS) is 11.0. The number of hydrogen-bond donors (Lipinski definition) is 2. The highest BCUT2D eigenvalue weighted by molar-refractivity contribution is 5.88. The second-order valence-corrected chi connectivity index (χ2v) is 6.50. The van der Waals surface area contributed by atoms with Crippen LogP contribution in [0.1, 0.15) is 16.1 Å². The van der Waals surface area contributed by atoms with Crippen LogP contribution in [-0.2, 0) is 4.79 Å². The van der Waals surface area contributed by atoms with E-state index in [1.165, 1.54) is 18.3 Å². The van der Waals surface area contributed by atoms with Crippen molar-refractivity contribution < 1.29 is 23.8 Å². The van der Waals surface area contributed by atoms with Crippen LogP contribution in [0, 0.1) is 0 Å². The molecule has 2 heterocycles. The summed E-state index contributed by atoms with van der Waals surface area (Å²) in [6.45, 7) is -0.216. The second-order valence-electron chi connectivity index (χ2n) is 6.50. The first-order valence-electron chi connectivity index (χ1n) is 9.32. The van der Waals surface area contributed by atoms with Gasteiger partial charge in [-0.1, -0.05) is 30.3 Å². The Hall–Kier alpha value is -4.46. The number of carbonyl (C=O) groups is 2. The van der Waals surface area contributed by atoms with Gasteiger partial charge in [-0.15, -0.1) is 0 Å². The number of carbonyl (C=O) groups excluding carboxylic acids is 1. The zero-order chi connectivity index (χ0) is 21.6. The first-order chi connectivity index (χ1) is 15.1. The van der Waals surface area contributed by atoms with E-state index in [1.807, 2.05) is 24.3 Å². The summed E-state index contributed by atoms with van der Waals surface area (Å²) < 4.78 is 11.2. The van der Waals surface area contributed by atoms with E-state index >= 15 is 0 Å². The summed E-state index contributed by atoms with van der Waals surface area (Å²) in [7, 11) is 0. The van der Waals surface area contributed by atoms with Gasteiger partial charge in [0.25, 0.3) is 5.91 Å². The summed E-state index contributed by atoms with van der Waals surface area (Å²) >= 11 is 0. The first kappa shape index (κ1) is 19.8. The van der Waals surface area contributed by atoms with Crippen LogP contribution < -0.4 is 10.2 Å². The van der Waals surface area contributed by atoms with Gasteiger partial charge < -0.3 is 14.3 Å². The van der Waals surface area contributed by atoms with Crippen molar-refractivity contribution in [2.24, 2.45) is 5.10 Å². The van der Waals surface area contributed by atoms with Gasteiger partial charge in [0.1, 0.15) is 22.8 Å². The predicted molar refractivity (Wildman–Crippen MR) is 114 cm³/mol. The molecule has 0 aliphatic heterocycles. The molecule has 8 nitrogen and oxygen atoms in total. The third-order valence-electron chi connectivity index (χ3n) is 4.38. The Morgan fingerprint density at radius 2 is 1.87 bits per heavy atom. The number of furan rings is 1. The number of fused-ring (bicyclic) bond motifs is 1. The van der Waals surface area contributed by atoms with Gasteiger partial charge in [0.2, 0.25) is 0 Å². The number of nitrogens with one attached hydrogen (secondary N) is 1. The Labute approximate surface area is 176 Å². The average Bonchev–Trinajstić information content (AvgIpc) is 3.26. The van der Waals surface area contributed by atoms with Crippen molar-refractivity contribution in [2.45, 2.75) is 0 Å². The third kappa shape index (κ3) is 4.76. The fraction of sp³-hybridized carbons (Fsp3) is 0.0435. The molecule has 0 aliphatic rings. The van der Waals surface area contributed by atoms with Crippen LogP contribution in [0.5, 0.6) is 5.75 Å². The minimum absolute atomic E-state index is 0.196. The molecular formula is C23H17N3O5. The molecule has 0 bridgehead atoms. The van der Waals surface area contributed by atoms with Crippen molar-refractivity contribution >= 4 is 29.0 Å². The Morgan fingerprint density at radius 3 is 2.68 bits per heavy atom. The lowest BCUT2D eigenvalue weighted by atomic mass is 10.1. The van der Waals surface area contributed by atoms with Crippen LogP contribution in [0.15, 0.2) is 82.4 Å². The molecule has 2 N–H and O–H groups in total. The molecule has 0 aliphatic carbocycles. The molecule has 154 valence electrons. The van der Waals surface area contributed by atoms with Gasteiger partial charge in [-0.3, -0.25) is 9.78 Å². The minimum Gasteiger partial charge on any atom is -0.481 e. The number of aromatic carboxylic acids is 1. The number of ether oxygens (including phenoxy) is 1. The zero-order valence-corrected chi connectivity index (χ0v) is 16.2. The third-order valence-corrected chi connectivity index (χ3v) is 4.38. The van der Waals surface area contributed by atoms with Gasteiger partial charge >= 0.3 is 5.97 Å². The molecule has 4 aromatic rings. The van der Waals surface area contributed by atoms with Crippen molar-refractivity contribution in [3.63, 3.8) is 0 Å². The van der Waals surface area contributed by atoms with Gasteiger partial charge in [-0.2, -0.15) is 5.10 Å². The summed E-state index contributed by atoms with van der Waals surface area (Å²) in [4.78, 5) is 27.2. The number of hydrazone groups is 1. The van der Waals surface area contributed by atoms with Crippen LogP contribution in [0.25, 0.3) is 22.2 Å². The van der Waals surface area contributed by atoms with Crippen LogP contribution in [-0.4, -0.2) is 34.8 Å². The van der Waals surface area contributed by atoms with E-state index in [2.05, 4.69) is 15.5 Å². The maximum absolute atomic E-state index is 12.0. The number of nitrogens with zero attached hydrogens (tertiary/aromatic N) is 2. The molecule has 2 aromatic carbocycles. The summed E-state index contributed by atoms with van der Waals surface area (Å²) in [5.41, 5.74) is 3.98. The predicted octanol–water partition coefficient (Wildman–Crippen LogP) is 3.72. The van der Waals surface area contributed by atoms with Crippen molar-refractivity contribution in [1.82, 2.24) is 10.4 Å². The number of carboxylic acid groups (broad SMARTS) is 1. The number of amides is 1. The standard InChI is InChI=1S/C23H17N3O5/c27-21(14-30-20-5-1-3-16-4-2-12-24-22(16)20)26-25-13-18-10-11-19(31-18)15-6-8-17(9-7-15)23(28)29/h1-13H,14H2,(H,26,27)(H,28,29). The fourth-order valence-electron chi connectivity index (χ4n) is 2.89. The lowest BCUT2D eigenvalue weighted by Crippen LogP contribution is -2.24. The van der Waals surface area contributed by atoms with Crippen molar-refractivity contribution in [3.8, 4) is 17.1 Å². The Kier molecular flexibility index (Phi) is 5.70. The van der Waals surface area contributed by atoms with E-state index in [9.17, 15) is 9.59 Å². The van der Waals surface area contributed by atoms with Crippen molar-refractivity contribution in [3.05, 3.63) is 84.3 Å². The first-order valence-corrected chi connectivity index (χ1v) is 9.32. The number of carboxylic acids is 1. The van der Waals surface area contributed by atoms with Crippen LogP contribution in [0.3, 0.4) is 0 Å². The SMILES string of the molecule is O=C(COc1cccc2cccnc12)NN=Cc1ccc(-c2ccc(C(=O)O)cc2)o1. The van der Waals surface area contributed by atoms with Gasteiger partial charge in [-0.25, -0.2) is 10.2 Å². The molecule has 2 aromatic heterocycles. The van der Waals surface area contributed by atoms with Crippen molar-refractivity contribution in [2.75, 3.05) is 6.61 Å². The lowest BCUT2D eigenvalue weighted by Gasteiger charge is -2.07. The molecule has 0 spiro atoms. The number of rotatable bonds is 7. The van der Waals surface area contributed by atoms with Gasteiger partial charge in [0.05, 0.1) is 11.8 Å². The second kappa shape index (κ2) is 8.91. The molecule has 0 atom stereocenters. The molecule has 31 heavy (non-hydrogen) atoms. The molecule has 0 saturated carbocycles. The Morgan fingerprint density at radius 1 is 1.06 bits per heavy atom. The molecule has 4 rings (SSSR count). The highest BCUT2D eigenvalue weighted by Gasteiger charge is 2.08. The van der Waals surface area contributed by atoms with E-state index in [1.54, 1.807) is 36.5 Å². The molecule has 0 saturated heterocycles. The van der Waals surface area contributed by atoms with Crippen LogP contribution >= 0.6 is 0 Å². The Bertz CT molecular complexity index is 1260. The minimum atomic E-state index is -0.991. The van der Waals surface area contributed by atoms with Crippen molar-refractivity contribution in [1.29, 1.82) is 0 Å². The molecule has 0 radical (unpaired) electrons. The highest BCUT2D eigenvalue weighted by Crippen LogP contribution is 2.23. The summed E-state index contributed by atoms with van der Waals surface area (Å²) in [5, 5.41) is 13.7. The highest BCUT2D eigenvalue weighted by atomic mass is 16.5. The summed E-state index contributed by atoms with van der Waals surface area (Å²) in [6.07, 6.45) is 3.03. The van der Waals surface area contributed by atoms with E-state index in [0.717, 1.165) is 10.9 Å². The molecule has 1 amide bonds. The Balaban J connectivity index is 1.32. The van der Waals surface area contributed by atoms with E-state index in [4.69, 9.17) is 14.3 Å². The van der Waals surface area contributed by atoms with Gasteiger partial charge in [0, 0.05) is 17.1 Å². The lowest BCUT2D eigenvalue weighted by molar-refractivity contribution is -0.123. The molecular weight excluding hydrogens is 398 g/mol. The molecule has 0 fully saturated rings. The largest absolute Gasteiger partial charge is 0.481 e. The smallest absolute Gasteiger partial charge is 0.335 e. The van der Waals surface area contributed by atoms with E-state index < -0.39 is 11.9 Å². The van der Waals surface area contributed by atoms with Crippen LogP contribution in [0.2, 0.25) is 0 Å². The topological polar surface area (TPSA) is 114 Å². The number of benzene rings is 2. The van der Waals surface area contributed by atoms with Gasteiger partial charge in [0.15, 0.2) is 6.61 Å². The number of aromatic nitrogens is 1. The van der Waals surface area contributed by atoms with Gasteiger partial charge in [-0.05, 0) is 36.4 Å². The quantitative estimate of drug-likeness (QED) is 0.351. The number of hydrogen-bond acceptors (Lipinski definition) is 6. The maximum atomic E-state index is 12.0. The zero-order valence-electron chi connectivity index (χ0n) is 16.2. The molecule has 0 unspecified atom stereocenters. The monoisotopic (exact) mass is 415 g/mol. The summed E-state index contributed by atoms with van der Waals surface area (Å²) in [5.74, 6) is 0.0746. The number of para-hydroxylation sites is 1. The van der Waals surface area contributed by atoms with E-state index in [0.29, 0.717) is 22.8 Å². The maximum Gasteiger partial charge on any atom is 0.335 e. The fourth-order valence-corrected chi connectivity index (χ4v) is 2.89. The van der Waals surface area contributed by atoms with Crippen LogP contribution in [0.4, 0.5) is 0 Å². The molecule has 8 heteroatoms.